The van der Waals surface area contributed by atoms with Crippen molar-refractivity contribution in [2.24, 2.45) is 11.7 Å². The van der Waals surface area contributed by atoms with Crippen LogP contribution in [-0.4, -0.2) is 68.7 Å². The van der Waals surface area contributed by atoms with Crippen molar-refractivity contribution in [3.8, 4) is 0 Å². The maximum absolute atomic E-state index is 12.6. The maximum Gasteiger partial charge on any atom is 0.326 e. The van der Waals surface area contributed by atoms with Gasteiger partial charge in [0.05, 0.1) is 12.4 Å². The number of aromatic nitrogens is 2. The standard InChI is InChI=1S/C17H28N6O5S/c1-8(2)13(23-14(24)9(3)18)16(26)22-12(6-29)15(25)21-11(17(27)28)4-10-5-19-7-20-10/h5,7-9,11-13,29H,4,6,18H2,1-3H3,(H,19,20)(H,21,25)(H,22,26)(H,23,24)(H,27,28). The summed E-state index contributed by atoms with van der Waals surface area (Å²) in [6.45, 7) is 4.94. The number of carbonyl (C=O) groups is 4. The first-order valence-electron chi connectivity index (χ1n) is 9.04. The van der Waals surface area contributed by atoms with Crippen LogP contribution in [0.1, 0.15) is 26.5 Å². The Labute approximate surface area is 174 Å². The monoisotopic (exact) mass is 428 g/mol. The summed E-state index contributed by atoms with van der Waals surface area (Å²) in [5.74, 6) is -3.38. The van der Waals surface area contributed by atoms with E-state index in [0.29, 0.717) is 5.69 Å². The Morgan fingerprint density at radius 1 is 1.10 bits per heavy atom. The molecule has 0 saturated heterocycles. The summed E-state index contributed by atoms with van der Waals surface area (Å²) in [4.78, 5) is 55.0. The Morgan fingerprint density at radius 3 is 2.17 bits per heavy atom. The summed E-state index contributed by atoms with van der Waals surface area (Å²) < 4.78 is 0. The first-order chi connectivity index (χ1) is 13.6. The summed E-state index contributed by atoms with van der Waals surface area (Å²) >= 11 is 4.07. The van der Waals surface area contributed by atoms with Gasteiger partial charge in [0.2, 0.25) is 17.7 Å². The SMILES string of the molecule is CC(N)C(=O)NC(C(=O)NC(CS)C(=O)NC(Cc1cnc[nH]1)C(=O)O)C(C)C. The number of nitrogens with zero attached hydrogens (tertiary/aromatic N) is 1. The van der Waals surface area contributed by atoms with Crippen LogP contribution in [0.25, 0.3) is 0 Å². The van der Waals surface area contributed by atoms with Crippen LogP contribution in [0, 0.1) is 5.92 Å². The number of nitrogens with one attached hydrogen (secondary N) is 4. The van der Waals surface area contributed by atoms with E-state index in [1.54, 1.807) is 13.8 Å². The highest BCUT2D eigenvalue weighted by atomic mass is 32.1. The number of hydrogen-bond acceptors (Lipinski definition) is 7. The van der Waals surface area contributed by atoms with E-state index in [1.807, 2.05) is 0 Å². The second-order valence-electron chi connectivity index (χ2n) is 6.94. The van der Waals surface area contributed by atoms with Gasteiger partial charge in [0, 0.05) is 24.1 Å². The van der Waals surface area contributed by atoms with Crippen molar-refractivity contribution in [1.82, 2.24) is 25.9 Å². The van der Waals surface area contributed by atoms with E-state index in [2.05, 4.69) is 38.5 Å². The summed E-state index contributed by atoms with van der Waals surface area (Å²) in [6, 6.07) is -4.03. The molecule has 0 bridgehead atoms. The molecule has 0 saturated carbocycles. The lowest BCUT2D eigenvalue weighted by molar-refractivity contribution is -0.142. The molecule has 0 aliphatic rings. The molecule has 1 aromatic rings. The van der Waals surface area contributed by atoms with Gasteiger partial charge in [-0.15, -0.1) is 0 Å². The summed E-state index contributed by atoms with van der Waals surface area (Å²) in [5, 5.41) is 16.8. The number of H-pyrrole nitrogens is 1. The number of amides is 3. The molecular weight excluding hydrogens is 400 g/mol. The third-order valence-corrected chi connectivity index (χ3v) is 4.43. The molecule has 4 atom stereocenters. The summed E-state index contributed by atoms with van der Waals surface area (Å²) in [6.07, 6.45) is 2.84. The molecule has 7 N–H and O–H groups in total. The number of nitrogens with two attached hydrogens (primary N) is 1. The first-order valence-corrected chi connectivity index (χ1v) is 9.67. The van der Waals surface area contributed by atoms with Crippen LogP contribution in [0.3, 0.4) is 0 Å². The molecule has 0 aromatic carbocycles. The van der Waals surface area contributed by atoms with E-state index in [9.17, 15) is 24.3 Å². The normalized spacial score (nSPS) is 15.1. The molecule has 11 nitrogen and oxygen atoms in total. The van der Waals surface area contributed by atoms with Crippen LogP contribution >= 0.6 is 12.6 Å². The van der Waals surface area contributed by atoms with Crippen LogP contribution < -0.4 is 21.7 Å². The number of aliphatic carboxylic acids is 1. The van der Waals surface area contributed by atoms with Gasteiger partial charge in [0.25, 0.3) is 0 Å². The molecule has 0 aliphatic carbocycles. The van der Waals surface area contributed by atoms with E-state index in [-0.39, 0.29) is 18.1 Å². The van der Waals surface area contributed by atoms with Gasteiger partial charge < -0.3 is 31.8 Å². The van der Waals surface area contributed by atoms with Crippen LogP contribution in [0.15, 0.2) is 12.5 Å². The van der Waals surface area contributed by atoms with Gasteiger partial charge in [-0.25, -0.2) is 9.78 Å². The fourth-order valence-corrected chi connectivity index (χ4v) is 2.62. The predicted octanol–water partition coefficient (Wildman–Crippen LogP) is -1.58. The van der Waals surface area contributed by atoms with Crippen molar-refractivity contribution in [2.45, 2.75) is 51.4 Å². The van der Waals surface area contributed by atoms with E-state index < -0.39 is 47.9 Å². The minimum atomic E-state index is -1.23. The molecule has 0 spiro atoms. The summed E-state index contributed by atoms with van der Waals surface area (Å²) in [5.41, 5.74) is 6.05. The average Bonchev–Trinajstić information content (AvgIpc) is 3.15. The number of rotatable bonds is 11. The van der Waals surface area contributed by atoms with E-state index in [4.69, 9.17) is 5.73 Å². The molecule has 1 heterocycles. The molecule has 3 amide bonds. The Hall–Kier alpha value is -2.60. The van der Waals surface area contributed by atoms with E-state index in [1.165, 1.54) is 19.4 Å². The molecule has 162 valence electrons. The Bertz CT molecular complexity index is 709. The van der Waals surface area contributed by atoms with Crippen molar-refractivity contribution in [3.63, 3.8) is 0 Å². The lowest BCUT2D eigenvalue weighted by Crippen LogP contribution is -2.58. The number of carboxylic acids is 1. The minimum absolute atomic E-state index is 0.00657. The zero-order valence-electron chi connectivity index (χ0n) is 16.5. The Morgan fingerprint density at radius 2 is 1.72 bits per heavy atom. The average molecular weight is 429 g/mol. The van der Waals surface area contributed by atoms with Crippen molar-refractivity contribution in [3.05, 3.63) is 18.2 Å². The zero-order valence-corrected chi connectivity index (χ0v) is 17.4. The van der Waals surface area contributed by atoms with Crippen LogP contribution in [0.2, 0.25) is 0 Å². The third-order valence-electron chi connectivity index (χ3n) is 4.07. The second kappa shape index (κ2) is 11.4. The molecule has 0 radical (unpaired) electrons. The van der Waals surface area contributed by atoms with Crippen molar-refractivity contribution >= 4 is 36.3 Å². The van der Waals surface area contributed by atoms with Gasteiger partial charge in [-0.2, -0.15) is 12.6 Å². The zero-order chi connectivity index (χ0) is 22.1. The van der Waals surface area contributed by atoms with Gasteiger partial charge in [-0.3, -0.25) is 14.4 Å². The number of imidazole rings is 1. The topological polar surface area (TPSA) is 179 Å². The highest BCUT2D eigenvalue weighted by Gasteiger charge is 2.30. The van der Waals surface area contributed by atoms with E-state index in [0.717, 1.165) is 0 Å². The number of carboxylic acid groups (broad SMARTS) is 1. The number of carbonyl (C=O) groups excluding carboxylic acids is 3. The molecule has 12 heteroatoms. The number of thiol groups is 1. The van der Waals surface area contributed by atoms with Crippen LogP contribution in [0.5, 0.6) is 0 Å². The molecule has 1 aromatic heterocycles. The Balaban J connectivity index is 2.80. The first kappa shape index (κ1) is 24.4. The lowest BCUT2D eigenvalue weighted by Gasteiger charge is -2.26. The predicted molar refractivity (Wildman–Crippen MR) is 108 cm³/mol. The van der Waals surface area contributed by atoms with Crippen molar-refractivity contribution in [2.75, 3.05) is 5.75 Å². The van der Waals surface area contributed by atoms with Gasteiger partial charge in [0.15, 0.2) is 0 Å². The second-order valence-corrected chi connectivity index (χ2v) is 7.31. The van der Waals surface area contributed by atoms with Crippen LogP contribution in [0.4, 0.5) is 0 Å². The molecular formula is C17H28N6O5S. The summed E-state index contributed by atoms with van der Waals surface area (Å²) in [7, 11) is 0. The fourth-order valence-electron chi connectivity index (χ4n) is 2.36. The van der Waals surface area contributed by atoms with Crippen molar-refractivity contribution in [1.29, 1.82) is 0 Å². The molecule has 29 heavy (non-hydrogen) atoms. The fraction of sp³-hybridized carbons (Fsp3) is 0.588. The van der Waals surface area contributed by atoms with Gasteiger partial charge >= 0.3 is 5.97 Å². The lowest BCUT2D eigenvalue weighted by atomic mass is 10.0. The van der Waals surface area contributed by atoms with Gasteiger partial charge in [-0.1, -0.05) is 13.8 Å². The number of aromatic amines is 1. The Kier molecular flexibility index (Phi) is 9.62. The van der Waals surface area contributed by atoms with Crippen LogP contribution in [-0.2, 0) is 25.6 Å². The van der Waals surface area contributed by atoms with E-state index >= 15 is 0 Å². The quantitative estimate of drug-likeness (QED) is 0.208. The van der Waals surface area contributed by atoms with Crippen molar-refractivity contribution < 1.29 is 24.3 Å². The molecule has 4 unspecified atom stereocenters. The van der Waals surface area contributed by atoms with Gasteiger partial charge in [-0.05, 0) is 12.8 Å². The molecule has 1 rings (SSSR count). The highest BCUT2D eigenvalue weighted by Crippen LogP contribution is 2.05. The molecule has 0 aliphatic heterocycles. The largest absolute Gasteiger partial charge is 0.480 e. The van der Waals surface area contributed by atoms with Gasteiger partial charge in [0.1, 0.15) is 18.1 Å². The molecule has 0 fully saturated rings. The number of hydrogen-bond donors (Lipinski definition) is 7. The maximum atomic E-state index is 12.6. The third kappa shape index (κ3) is 7.74. The smallest absolute Gasteiger partial charge is 0.326 e. The highest BCUT2D eigenvalue weighted by molar-refractivity contribution is 7.80. The minimum Gasteiger partial charge on any atom is -0.480 e.